The fraction of sp³-hybridized carbons (Fsp3) is 0.314. The topological polar surface area (TPSA) is 173 Å². The van der Waals surface area contributed by atoms with Crippen molar-refractivity contribution in [3.05, 3.63) is 98.7 Å². The monoisotopic (exact) mass is 784 g/mol. The molecule has 54 heavy (non-hydrogen) atoms. The van der Waals surface area contributed by atoms with Crippen molar-refractivity contribution in [1.29, 1.82) is 0 Å². The Balaban J connectivity index is 1.29. The summed E-state index contributed by atoms with van der Waals surface area (Å²) in [6, 6.07) is 11.9. The summed E-state index contributed by atoms with van der Waals surface area (Å²) in [5.74, 6) is -1.33. The van der Waals surface area contributed by atoms with Gasteiger partial charge in [0, 0.05) is 43.0 Å². The van der Waals surface area contributed by atoms with E-state index in [4.69, 9.17) is 16.3 Å². The molecule has 5 heterocycles. The molecule has 2 aromatic carbocycles. The van der Waals surface area contributed by atoms with Crippen LogP contribution in [-0.4, -0.2) is 76.6 Å². The van der Waals surface area contributed by atoms with E-state index in [1.807, 2.05) is 0 Å². The van der Waals surface area contributed by atoms with Crippen LogP contribution < -0.4 is 10.9 Å². The average Bonchev–Trinajstić information content (AvgIpc) is 3.71. The Morgan fingerprint density at radius 2 is 1.85 bits per heavy atom. The average molecular weight is 785 g/mol. The van der Waals surface area contributed by atoms with Crippen LogP contribution in [0.15, 0.2) is 74.8 Å². The third-order valence-electron chi connectivity index (χ3n) is 9.65. The first-order valence-electron chi connectivity index (χ1n) is 16.6. The Bertz CT molecular complexity index is 2520. The van der Waals surface area contributed by atoms with Crippen LogP contribution >= 0.6 is 11.6 Å². The van der Waals surface area contributed by atoms with Gasteiger partial charge in [-0.1, -0.05) is 11.6 Å². The molecule has 1 saturated heterocycles. The number of carbonyl (C=O) groups is 2. The number of ether oxygens (including phenoxy) is 1. The van der Waals surface area contributed by atoms with Gasteiger partial charge >= 0.3 is 6.18 Å². The van der Waals surface area contributed by atoms with E-state index in [9.17, 15) is 36.9 Å². The molecular weight excluding hydrogens is 753 g/mol. The molecule has 2 amide bonds. The maximum Gasteiger partial charge on any atom is 0.416 e. The van der Waals surface area contributed by atoms with Crippen LogP contribution in [0.5, 0.6) is 5.75 Å². The zero-order valence-electron chi connectivity index (χ0n) is 28.9. The number of fused-ring (bicyclic) bond motifs is 3. The van der Waals surface area contributed by atoms with Gasteiger partial charge in [0.2, 0.25) is 11.7 Å². The van der Waals surface area contributed by atoms with Gasteiger partial charge < -0.3 is 24.6 Å². The van der Waals surface area contributed by atoms with Gasteiger partial charge in [-0.15, -0.1) is 5.10 Å². The van der Waals surface area contributed by atoms with Gasteiger partial charge in [-0.2, -0.15) is 22.7 Å². The number of aromatic nitrogens is 5. The van der Waals surface area contributed by atoms with Crippen molar-refractivity contribution in [3.63, 3.8) is 0 Å². The molecule has 0 aliphatic carbocycles. The summed E-state index contributed by atoms with van der Waals surface area (Å²) in [4.78, 5) is 52.0. The number of aromatic hydroxyl groups is 1. The second kappa shape index (κ2) is 13.5. The Labute approximate surface area is 310 Å². The number of likely N-dealkylation sites (tertiary alicyclic amines) is 1. The fourth-order valence-electron chi connectivity index (χ4n) is 6.89. The first-order valence-corrected chi connectivity index (χ1v) is 18.9. The lowest BCUT2D eigenvalue weighted by Crippen LogP contribution is -2.47. The molecule has 14 nitrogen and oxygen atoms in total. The standard InChI is InChI=1S/C35H32ClF3N8O6S/c1-19-29-27(34(53-19)12-15-45(16-13-34)32(51)28-25(48)5-4-14-41-28)31(50)47-33(43-30(44-47)20-6-9-22(10-7-20)54(3,52)40-2)46(29)18-26(49)42-24-11-8-21(17-23(24)36)35(37,38)39/h4-11,14,17,19,48H,12-13,15-16,18H2,1-3H3,(H,42,49)/t19-,54?/m1/s1. The molecule has 3 aromatic heterocycles. The van der Waals surface area contributed by atoms with E-state index >= 15 is 0 Å². The maximum atomic E-state index is 14.5. The van der Waals surface area contributed by atoms with Crippen LogP contribution in [0.25, 0.3) is 17.2 Å². The van der Waals surface area contributed by atoms with Crippen LogP contribution in [-0.2, 0) is 37.6 Å². The molecule has 5 aromatic rings. The second-order valence-corrected chi connectivity index (χ2v) is 15.8. The van der Waals surface area contributed by atoms with Gasteiger partial charge in [0.15, 0.2) is 11.5 Å². The minimum absolute atomic E-state index is 0.0138. The van der Waals surface area contributed by atoms with Gasteiger partial charge in [-0.3, -0.25) is 14.4 Å². The molecule has 1 unspecified atom stereocenters. The molecule has 0 saturated carbocycles. The number of halogens is 4. The Hall–Kier alpha value is -5.33. The summed E-state index contributed by atoms with van der Waals surface area (Å²) < 4.78 is 65.6. The molecule has 282 valence electrons. The number of amides is 2. The molecular formula is C35H32ClF3N8O6S. The summed E-state index contributed by atoms with van der Waals surface area (Å²) in [5, 5.41) is 17.0. The van der Waals surface area contributed by atoms with Gasteiger partial charge in [-0.05, 0) is 74.4 Å². The van der Waals surface area contributed by atoms with Crippen LogP contribution in [0.3, 0.4) is 0 Å². The lowest BCUT2D eigenvalue weighted by Gasteiger charge is -2.39. The highest BCUT2D eigenvalue weighted by Crippen LogP contribution is 2.48. The zero-order chi connectivity index (χ0) is 38.7. The Kier molecular flexibility index (Phi) is 9.26. The minimum atomic E-state index is -4.64. The molecule has 2 aliphatic heterocycles. The summed E-state index contributed by atoms with van der Waals surface area (Å²) >= 11 is 6.14. The van der Waals surface area contributed by atoms with E-state index in [0.717, 1.165) is 16.6 Å². The van der Waals surface area contributed by atoms with E-state index in [-0.39, 0.29) is 65.3 Å². The van der Waals surface area contributed by atoms with E-state index in [0.29, 0.717) is 22.2 Å². The smallest absolute Gasteiger partial charge is 0.416 e. The largest absolute Gasteiger partial charge is 0.505 e. The number of benzene rings is 2. The fourth-order valence-corrected chi connectivity index (χ4v) is 7.97. The van der Waals surface area contributed by atoms with Crippen molar-refractivity contribution in [3.8, 4) is 17.1 Å². The number of hydrogen-bond acceptors (Lipinski definition) is 10. The Morgan fingerprint density at radius 3 is 2.48 bits per heavy atom. The van der Waals surface area contributed by atoms with Gasteiger partial charge in [-0.25, -0.2) is 13.6 Å². The van der Waals surface area contributed by atoms with Crippen LogP contribution in [0, 0.1) is 0 Å². The van der Waals surface area contributed by atoms with Gasteiger partial charge in [0.05, 0.1) is 43.4 Å². The van der Waals surface area contributed by atoms with E-state index in [1.54, 1.807) is 31.2 Å². The minimum Gasteiger partial charge on any atom is -0.505 e. The predicted octanol–water partition coefficient (Wildman–Crippen LogP) is 5.28. The van der Waals surface area contributed by atoms with Crippen LogP contribution in [0.1, 0.15) is 53.2 Å². The number of nitrogens with one attached hydrogen (secondary N) is 1. The summed E-state index contributed by atoms with van der Waals surface area (Å²) in [6.07, 6.45) is -2.13. The van der Waals surface area contributed by atoms with E-state index < -0.39 is 57.1 Å². The summed E-state index contributed by atoms with van der Waals surface area (Å²) in [6.45, 7) is 1.53. The number of piperidine rings is 1. The highest BCUT2D eigenvalue weighted by Gasteiger charge is 2.50. The highest BCUT2D eigenvalue weighted by molar-refractivity contribution is 7.93. The van der Waals surface area contributed by atoms with Crippen molar-refractivity contribution < 1.29 is 36.8 Å². The first kappa shape index (κ1) is 37.0. The number of nitrogens with zero attached hydrogens (tertiary/aromatic N) is 7. The predicted molar refractivity (Wildman–Crippen MR) is 191 cm³/mol. The lowest BCUT2D eigenvalue weighted by atomic mass is 9.85. The van der Waals surface area contributed by atoms with Crippen molar-refractivity contribution in [2.75, 3.05) is 31.7 Å². The first-order chi connectivity index (χ1) is 25.5. The molecule has 2 N–H and O–H groups in total. The zero-order valence-corrected chi connectivity index (χ0v) is 30.5. The number of hydrogen-bond donors (Lipinski definition) is 2. The lowest BCUT2D eigenvalue weighted by molar-refractivity contribution is -0.137. The van der Waals surface area contributed by atoms with E-state index in [2.05, 4.69) is 24.7 Å². The Morgan fingerprint density at radius 1 is 1.15 bits per heavy atom. The van der Waals surface area contributed by atoms with Crippen molar-refractivity contribution in [2.45, 2.75) is 49.1 Å². The number of pyridine rings is 1. The molecule has 7 rings (SSSR count). The van der Waals surface area contributed by atoms with Crippen LogP contribution in [0.2, 0.25) is 5.02 Å². The maximum absolute atomic E-state index is 14.5. The van der Waals surface area contributed by atoms with Crippen molar-refractivity contribution in [2.24, 2.45) is 4.36 Å². The van der Waals surface area contributed by atoms with E-state index in [1.165, 1.54) is 41.1 Å². The number of alkyl halides is 3. The number of rotatable bonds is 6. The molecule has 1 spiro atoms. The molecule has 1 fully saturated rings. The SMILES string of the molecule is CN=S(C)(=O)c1ccc(-c2nc3n(CC(=O)Nc4ccc(C(F)(F)F)cc4Cl)c4c(c(=O)n3n2)C2(CCN(C(=O)c3ncccc3O)CC2)O[C@@H]4C)cc1. The third kappa shape index (κ3) is 6.47. The summed E-state index contributed by atoms with van der Waals surface area (Å²) in [7, 11) is -1.17. The second-order valence-electron chi connectivity index (χ2n) is 13.0. The summed E-state index contributed by atoms with van der Waals surface area (Å²) in [5.41, 5.74) is -1.86. The quantitative estimate of drug-likeness (QED) is 0.232. The molecule has 0 bridgehead atoms. The third-order valence-corrected chi connectivity index (χ3v) is 11.8. The molecule has 2 aliphatic rings. The molecule has 0 radical (unpaired) electrons. The number of carbonyl (C=O) groups excluding carboxylic acids is 2. The molecule has 19 heteroatoms. The highest BCUT2D eigenvalue weighted by atomic mass is 35.5. The van der Waals surface area contributed by atoms with Crippen LogP contribution in [0.4, 0.5) is 18.9 Å². The van der Waals surface area contributed by atoms with Gasteiger partial charge in [0.1, 0.15) is 17.9 Å². The van der Waals surface area contributed by atoms with Crippen molar-refractivity contribution >= 4 is 44.6 Å². The van der Waals surface area contributed by atoms with Gasteiger partial charge in [0.25, 0.3) is 11.5 Å². The van der Waals surface area contributed by atoms with Crippen molar-refractivity contribution in [1.82, 2.24) is 29.0 Å². The normalized spacial score (nSPS) is 17.7. The number of anilines is 1. The molecule has 2 atom stereocenters.